The number of para-hydroxylation sites is 1. The lowest BCUT2D eigenvalue weighted by molar-refractivity contribution is -0.127. The maximum Gasteiger partial charge on any atom is 0.242 e. The average molecular weight is 472 g/mol. The van der Waals surface area contributed by atoms with Gasteiger partial charge in [-0.15, -0.1) is 10.2 Å². The van der Waals surface area contributed by atoms with E-state index in [0.717, 1.165) is 18.2 Å². The molecule has 0 bridgehead atoms. The molecule has 33 heavy (non-hydrogen) atoms. The molecule has 0 saturated carbocycles. The Morgan fingerprint density at radius 2 is 1.88 bits per heavy atom. The Morgan fingerprint density at radius 3 is 2.55 bits per heavy atom. The Bertz CT molecular complexity index is 1100. The van der Waals surface area contributed by atoms with Crippen molar-refractivity contribution in [2.45, 2.75) is 31.5 Å². The largest absolute Gasteiger partial charge is 0.497 e. The normalized spacial score (nSPS) is 11.6. The summed E-state index contributed by atoms with van der Waals surface area (Å²) in [4.78, 5) is 24.4. The van der Waals surface area contributed by atoms with E-state index in [9.17, 15) is 14.0 Å². The van der Waals surface area contributed by atoms with Crippen LogP contribution >= 0.6 is 11.8 Å². The monoisotopic (exact) mass is 471 g/mol. The highest BCUT2D eigenvalue weighted by Crippen LogP contribution is 2.30. The summed E-state index contributed by atoms with van der Waals surface area (Å²) in [5, 5.41) is 14.2. The molecule has 0 spiro atoms. The summed E-state index contributed by atoms with van der Waals surface area (Å²) >= 11 is 1.11. The Labute approximate surface area is 195 Å². The summed E-state index contributed by atoms with van der Waals surface area (Å²) in [6, 6.07) is 12.8. The highest BCUT2D eigenvalue weighted by molar-refractivity contribution is 7.99. The number of ether oxygens (including phenoxy) is 1. The number of nitrogens with zero attached hydrogens (tertiary/aromatic N) is 3. The highest BCUT2D eigenvalue weighted by atomic mass is 32.2. The second kappa shape index (κ2) is 11.5. The van der Waals surface area contributed by atoms with E-state index in [2.05, 4.69) is 20.8 Å². The average Bonchev–Trinajstić information content (AvgIpc) is 3.25. The van der Waals surface area contributed by atoms with Crippen LogP contribution in [-0.4, -0.2) is 52.0 Å². The number of amides is 2. The van der Waals surface area contributed by atoms with Crippen molar-refractivity contribution in [2.24, 2.45) is 0 Å². The minimum atomic E-state index is -0.663. The molecule has 1 heterocycles. The van der Waals surface area contributed by atoms with Gasteiger partial charge in [0.25, 0.3) is 0 Å². The third-order valence-electron chi connectivity index (χ3n) is 4.73. The standard InChI is InChI=1S/C23H26FN5O3S/c1-4-13-25-22(31)15(2)26-20(30)14-33-23-28-27-21(16-9-11-17(32-3)12-10-16)29(23)19-8-6-5-7-18(19)24/h5-12,15H,4,13-14H2,1-3H3,(H,25,31)(H,26,30). The molecule has 10 heteroatoms. The first kappa shape index (κ1) is 24.2. The fraction of sp³-hybridized carbons (Fsp3) is 0.304. The zero-order chi connectivity index (χ0) is 23.8. The van der Waals surface area contributed by atoms with E-state index in [4.69, 9.17) is 4.74 Å². The summed E-state index contributed by atoms with van der Waals surface area (Å²) in [6.45, 7) is 4.12. The number of halogens is 1. The number of nitrogens with one attached hydrogen (secondary N) is 2. The smallest absolute Gasteiger partial charge is 0.242 e. The van der Waals surface area contributed by atoms with Crippen LogP contribution in [0.3, 0.4) is 0 Å². The van der Waals surface area contributed by atoms with E-state index in [-0.39, 0.29) is 23.3 Å². The first-order chi connectivity index (χ1) is 15.9. The van der Waals surface area contributed by atoms with Crippen molar-refractivity contribution in [3.8, 4) is 22.8 Å². The Morgan fingerprint density at radius 1 is 1.15 bits per heavy atom. The molecule has 0 fully saturated rings. The number of carbonyl (C=O) groups excluding carboxylic acids is 2. The van der Waals surface area contributed by atoms with Crippen LogP contribution in [0.25, 0.3) is 17.1 Å². The van der Waals surface area contributed by atoms with E-state index in [1.165, 1.54) is 6.07 Å². The van der Waals surface area contributed by atoms with Crippen molar-refractivity contribution in [2.75, 3.05) is 19.4 Å². The minimum absolute atomic E-state index is 0.0133. The Kier molecular flexibility index (Phi) is 8.42. The molecule has 0 saturated heterocycles. The molecule has 3 rings (SSSR count). The number of hydrogen-bond donors (Lipinski definition) is 2. The molecular formula is C23H26FN5O3S. The third-order valence-corrected chi connectivity index (χ3v) is 5.66. The number of thioether (sulfide) groups is 1. The minimum Gasteiger partial charge on any atom is -0.497 e. The fourth-order valence-electron chi connectivity index (χ4n) is 3.02. The summed E-state index contributed by atoms with van der Waals surface area (Å²) in [6.07, 6.45) is 0.810. The van der Waals surface area contributed by atoms with Crippen molar-refractivity contribution in [1.29, 1.82) is 0 Å². The van der Waals surface area contributed by atoms with Gasteiger partial charge in [0.2, 0.25) is 11.8 Å². The molecule has 2 amide bonds. The van der Waals surface area contributed by atoms with Crippen LogP contribution in [0, 0.1) is 5.82 Å². The van der Waals surface area contributed by atoms with Crippen LogP contribution in [0.5, 0.6) is 5.75 Å². The lowest BCUT2D eigenvalue weighted by Gasteiger charge is -2.14. The van der Waals surface area contributed by atoms with E-state index in [1.54, 1.807) is 61.1 Å². The quantitative estimate of drug-likeness (QED) is 0.441. The van der Waals surface area contributed by atoms with Gasteiger partial charge in [0, 0.05) is 12.1 Å². The van der Waals surface area contributed by atoms with Crippen LogP contribution in [-0.2, 0) is 9.59 Å². The van der Waals surface area contributed by atoms with Gasteiger partial charge in [-0.3, -0.25) is 14.2 Å². The molecule has 0 radical (unpaired) electrons. The van der Waals surface area contributed by atoms with Crippen molar-refractivity contribution in [3.05, 3.63) is 54.3 Å². The number of aromatic nitrogens is 3. The predicted octanol–water partition coefficient (Wildman–Crippen LogP) is 3.21. The molecule has 3 aromatic rings. The van der Waals surface area contributed by atoms with Gasteiger partial charge < -0.3 is 15.4 Å². The predicted molar refractivity (Wildman–Crippen MR) is 125 cm³/mol. The van der Waals surface area contributed by atoms with Crippen molar-refractivity contribution in [3.63, 3.8) is 0 Å². The highest BCUT2D eigenvalue weighted by Gasteiger charge is 2.21. The van der Waals surface area contributed by atoms with Gasteiger partial charge in [0.05, 0.1) is 18.6 Å². The van der Waals surface area contributed by atoms with E-state index >= 15 is 0 Å². The molecule has 1 atom stereocenters. The number of rotatable bonds is 10. The van der Waals surface area contributed by atoms with Crippen molar-refractivity contribution >= 4 is 23.6 Å². The molecule has 174 valence electrons. The maximum atomic E-state index is 14.7. The third kappa shape index (κ3) is 6.10. The van der Waals surface area contributed by atoms with E-state index < -0.39 is 11.9 Å². The van der Waals surface area contributed by atoms with Crippen molar-refractivity contribution in [1.82, 2.24) is 25.4 Å². The van der Waals surface area contributed by atoms with Gasteiger partial charge in [-0.25, -0.2) is 4.39 Å². The second-order valence-corrected chi connectivity index (χ2v) is 8.13. The van der Waals surface area contributed by atoms with Crippen LogP contribution in [0.2, 0.25) is 0 Å². The van der Waals surface area contributed by atoms with Gasteiger partial charge >= 0.3 is 0 Å². The molecule has 2 aromatic carbocycles. The van der Waals surface area contributed by atoms with Crippen LogP contribution in [0.15, 0.2) is 53.7 Å². The van der Waals surface area contributed by atoms with Crippen LogP contribution < -0.4 is 15.4 Å². The molecule has 0 aliphatic carbocycles. The number of benzene rings is 2. The SMILES string of the molecule is CCCNC(=O)C(C)NC(=O)CSc1nnc(-c2ccc(OC)cc2)n1-c1ccccc1F. The van der Waals surface area contributed by atoms with Gasteiger partial charge in [0.1, 0.15) is 17.6 Å². The zero-order valence-corrected chi connectivity index (χ0v) is 19.5. The molecule has 1 aromatic heterocycles. The molecule has 0 aliphatic rings. The van der Waals surface area contributed by atoms with E-state index in [1.807, 2.05) is 6.92 Å². The lowest BCUT2D eigenvalue weighted by Crippen LogP contribution is -2.45. The number of hydrogen-bond acceptors (Lipinski definition) is 6. The maximum absolute atomic E-state index is 14.7. The summed E-state index contributed by atoms with van der Waals surface area (Å²) in [7, 11) is 1.57. The van der Waals surface area contributed by atoms with Gasteiger partial charge in [-0.05, 0) is 49.7 Å². The zero-order valence-electron chi connectivity index (χ0n) is 18.7. The lowest BCUT2D eigenvalue weighted by atomic mass is 10.2. The van der Waals surface area contributed by atoms with Crippen LogP contribution in [0.1, 0.15) is 20.3 Å². The fourth-order valence-corrected chi connectivity index (χ4v) is 3.78. The summed E-state index contributed by atoms with van der Waals surface area (Å²) in [5.41, 5.74) is 0.979. The van der Waals surface area contributed by atoms with Gasteiger partial charge in [-0.1, -0.05) is 30.8 Å². The van der Waals surface area contributed by atoms with Gasteiger partial charge in [0.15, 0.2) is 11.0 Å². The van der Waals surface area contributed by atoms with E-state index in [0.29, 0.717) is 28.8 Å². The van der Waals surface area contributed by atoms with Gasteiger partial charge in [-0.2, -0.15) is 0 Å². The molecular weight excluding hydrogens is 445 g/mol. The molecule has 2 N–H and O–H groups in total. The molecule has 0 aliphatic heterocycles. The topological polar surface area (TPSA) is 98.1 Å². The Hall–Kier alpha value is -3.40. The number of methoxy groups -OCH3 is 1. The molecule has 8 nitrogen and oxygen atoms in total. The first-order valence-corrected chi connectivity index (χ1v) is 11.5. The number of carbonyl (C=O) groups is 2. The first-order valence-electron chi connectivity index (χ1n) is 10.5. The molecule has 1 unspecified atom stereocenters. The van der Waals surface area contributed by atoms with Crippen LogP contribution in [0.4, 0.5) is 4.39 Å². The van der Waals surface area contributed by atoms with Crippen molar-refractivity contribution < 1.29 is 18.7 Å². The summed E-state index contributed by atoms with van der Waals surface area (Å²) < 4.78 is 21.5. The Balaban J connectivity index is 1.82. The summed E-state index contributed by atoms with van der Waals surface area (Å²) in [5.74, 6) is 0.0667. The second-order valence-electron chi connectivity index (χ2n) is 7.19.